The molecule has 30 heavy (non-hydrogen) atoms. The van der Waals surface area contributed by atoms with E-state index in [2.05, 4.69) is 28.8 Å². The lowest BCUT2D eigenvalue weighted by atomic mass is 9.97. The number of ether oxygens (including phenoxy) is 1. The molecule has 0 aliphatic heterocycles. The first-order chi connectivity index (χ1) is 14.5. The van der Waals surface area contributed by atoms with E-state index in [1.807, 2.05) is 31.2 Å². The Hall–Kier alpha value is -2.20. The fourth-order valence-corrected chi connectivity index (χ4v) is 4.67. The molecule has 2 fully saturated rings. The van der Waals surface area contributed by atoms with Crippen molar-refractivity contribution in [3.8, 4) is 5.75 Å². The lowest BCUT2D eigenvalue weighted by Gasteiger charge is -2.18. The highest BCUT2D eigenvalue weighted by atomic mass is 35.5. The molecule has 0 heterocycles. The third-order valence-corrected chi connectivity index (χ3v) is 6.66. The van der Waals surface area contributed by atoms with Gasteiger partial charge in [0.25, 0.3) is 0 Å². The van der Waals surface area contributed by atoms with E-state index in [1.54, 1.807) is 0 Å². The average molecular weight is 427 g/mol. The van der Waals surface area contributed by atoms with Crippen LogP contribution in [0.3, 0.4) is 0 Å². The van der Waals surface area contributed by atoms with Gasteiger partial charge in [0.05, 0.1) is 22.9 Å². The number of amides is 1. The van der Waals surface area contributed by atoms with E-state index in [0.717, 1.165) is 53.7 Å². The topological polar surface area (TPSA) is 50.4 Å². The predicted molar refractivity (Wildman–Crippen MR) is 122 cm³/mol. The summed E-state index contributed by atoms with van der Waals surface area (Å²) in [6.07, 6.45) is 5.97. The Morgan fingerprint density at radius 2 is 1.90 bits per heavy atom. The van der Waals surface area contributed by atoms with Crippen molar-refractivity contribution in [2.45, 2.75) is 64.0 Å². The molecule has 2 aromatic rings. The fraction of sp³-hybridized carbons (Fsp3) is 0.480. The van der Waals surface area contributed by atoms with Crippen LogP contribution in [0.1, 0.15) is 69.0 Å². The summed E-state index contributed by atoms with van der Waals surface area (Å²) in [5, 5.41) is 7.31. The summed E-state index contributed by atoms with van der Waals surface area (Å²) in [5.74, 6) is 2.11. The van der Waals surface area contributed by atoms with Crippen LogP contribution in [-0.4, -0.2) is 18.6 Å². The number of hydrogen-bond acceptors (Lipinski definition) is 3. The maximum atomic E-state index is 11.2. The third kappa shape index (κ3) is 5.28. The standard InChI is InChI=1S/C25H31ClN2O2/c1-16(28-17(2)29)19-8-11-21(12-9-19)30-22-13-10-20(14-22)23-4-3-5-24(25(23)26)27-15-18-6-7-18/h3-5,8-9,11-12,16,18,20,22,27H,6-7,10,13-15H2,1-2H3,(H,28,29)/t16-,20?,22+/m0/s1. The number of hydrogen-bond donors (Lipinski definition) is 2. The number of halogens is 1. The zero-order valence-electron chi connectivity index (χ0n) is 17.8. The number of nitrogens with one attached hydrogen (secondary N) is 2. The van der Waals surface area contributed by atoms with Crippen LogP contribution in [0, 0.1) is 5.92 Å². The number of rotatable bonds is 8. The first-order valence-corrected chi connectivity index (χ1v) is 11.4. The van der Waals surface area contributed by atoms with Gasteiger partial charge >= 0.3 is 0 Å². The van der Waals surface area contributed by atoms with Crippen LogP contribution in [0.2, 0.25) is 5.02 Å². The molecule has 2 aromatic carbocycles. The summed E-state index contributed by atoms with van der Waals surface area (Å²) in [4.78, 5) is 11.2. The van der Waals surface area contributed by atoms with Crippen LogP contribution in [-0.2, 0) is 4.79 Å². The molecule has 2 N–H and O–H groups in total. The van der Waals surface area contributed by atoms with Crippen molar-refractivity contribution in [1.82, 2.24) is 5.32 Å². The molecule has 2 aliphatic carbocycles. The fourth-order valence-electron chi connectivity index (χ4n) is 4.32. The molecule has 3 atom stereocenters. The van der Waals surface area contributed by atoms with Gasteiger partial charge in [-0.05, 0) is 80.2 Å². The van der Waals surface area contributed by atoms with Gasteiger partial charge in [0.15, 0.2) is 0 Å². The van der Waals surface area contributed by atoms with Crippen LogP contribution in [0.25, 0.3) is 0 Å². The SMILES string of the molecule is CC(=O)N[C@@H](C)c1ccc(O[C@@H]2CCC(c3cccc(NCC4CC4)c3Cl)C2)cc1. The summed E-state index contributed by atoms with van der Waals surface area (Å²) in [6, 6.07) is 14.4. The zero-order chi connectivity index (χ0) is 21.1. The van der Waals surface area contributed by atoms with Gasteiger partial charge in [-0.3, -0.25) is 4.79 Å². The quantitative estimate of drug-likeness (QED) is 0.538. The monoisotopic (exact) mass is 426 g/mol. The second-order valence-corrected chi connectivity index (χ2v) is 9.15. The minimum Gasteiger partial charge on any atom is -0.490 e. The Labute approximate surface area is 184 Å². The summed E-state index contributed by atoms with van der Waals surface area (Å²) < 4.78 is 6.25. The van der Waals surface area contributed by atoms with Gasteiger partial charge in [0.2, 0.25) is 5.91 Å². The van der Waals surface area contributed by atoms with Crippen LogP contribution in [0.5, 0.6) is 5.75 Å². The lowest BCUT2D eigenvalue weighted by Crippen LogP contribution is -2.23. The maximum Gasteiger partial charge on any atom is 0.217 e. The predicted octanol–water partition coefficient (Wildman–Crippen LogP) is 6.07. The molecular weight excluding hydrogens is 396 g/mol. The van der Waals surface area contributed by atoms with Crippen molar-refractivity contribution < 1.29 is 9.53 Å². The van der Waals surface area contributed by atoms with Gasteiger partial charge in [-0.25, -0.2) is 0 Å². The molecule has 0 bridgehead atoms. The molecule has 2 aliphatic rings. The highest BCUT2D eigenvalue weighted by Gasteiger charge is 2.29. The van der Waals surface area contributed by atoms with Crippen LogP contribution >= 0.6 is 11.6 Å². The molecule has 1 amide bonds. The van der Waals surface area contributed by atoms with Crippen molar-refractivity contribution >= 4 is 23.2 Å². The molecule has 0 saturated heterocycles. The maximum absolute atomic E-state index is 11.2. The van der Waals surface area contributed by atoms with Crippen molar-refractivity contribution in [1.29, 1.82) is 0 Å². The first kappa shape index (κ1) is 21.0. The van der Waals surface area contributed by atoms with E-state index < -0.39 is 0 Å². The molecule has 0 aromatic heterocycles. The lowest BCUT2D eigenvalue weighted by molar-refractivity contribution is -0.119. The second kappa shape index (κ2) is 9.30. The van der Waals surface area contributed by atoms with Crippen LogP contribution in [0.15, 0.2) is 42.5 Å². The normalized spacial score (nSPS) is 21.8. The van der Waals surface area contributed by atoms with Crippen LogP contribution < -0.4 is 15.4 Å². The van der Waals surface area contributed by atoms with E-state index in [0.29, 0.717) is 5.92 Å². The van der Waals surface area contributed by atoms with E-state index in [1.165, 1.54) is 25.3 Å². The minimum atomic E-state index is -0.0229. The largest absolute Gasteiger partial charge is 0.490 e. The Balaban J connectivity index is 1.34. The van der Waals surface area contributed by atoms with E-state index >= 15 is 0 Å². The van der Waals surface area contributed by atoms with Gasteiger partial charge in [-0.1, -0.05) is 35.9 Å². The van der Waals surface area contributed by atoms with Crippen molar-refractivity contribution in [2.75, 3.05) is 11.9 Å². The second-order valence-electron chi connectivity index (χ2n) is 8.77. The Morgan fingerprint density at radius 1 is 1.13 bits per heavy atom. The number of anilines is 1. The Kier molecular flexibility index (Phi) is 6.52. The van der Waals surface area contributed by atoms with Crippen molar-refractivity contribution in [3.05, 3.63) is 58.6 Å². The molecule has 1 unspecified atom stereocenters. The zero-order valence-corrected chi connectivity index (χ0v) is 18.5. The molecule has 0 spiro atoms. The third-order valence-electron chi connectivity index (χ3n) is 6.23. The molecule has 4 rings (SSSR count). The van der Waals surface area contributed by atoms with Crippen molar-refractivity contribution in [3.63, 3.8) is 0 Å². The van der Waals surface area contributed by atoms with Gasteiger partial charge in [-0.15, -0.1) is 0 Å². The molecule has 4 nitrogen and oxygen atoms in total. The van der Waals surface area contributed by atoms with Gasteiger partial charge < -0.3 is 15.4 Å². The first-order valence-electron chi connectivity index (χ1n) is 11.1. The molecule has 160 valence electrons. The van der Waals surface area contributed by atoms with E-state index in [-0.39, 0.29) is 18.1 Å². The van der Waals surface area contributed by atoms with Crippen LogP contribution in [0.4, 0.5) is 5.69 Å². The summed E-state index contributed by atoms with van der Waals surface area (Å²) in [6.45, 7) is 4.54. The molecule has 2 saturated carbocycles. The summed E-state index contributed by atoms with van der Waals surface area (Å²) >= 11 is 6.75. The minimum absolute atomic E-state index is 0.00430. The molecular formula is C25H31ClN2O2. The number of benzene rings is 2. The van der Waals surface area contributed by atoms with Gasteiger partial charge in [-0.2, -0.15) is 0 Å². The molecule has 0 radical (unpaired) electrons. The summed E-state index contributed by atoms with van der Waals surface area (Å²) in [7, 11) is 0. The smallest absolute Gasteiger partial charge is 0.217 e. The highest BCUT2D eigenvalue weighted by molar-refractivity contribution is 6.34. The number of carbonyl (C=O) groups is 1. The van der Waals surface area contributed by atoms with E-state index in [4.69, 9.17) is 16.3 Å². The van der Waals surface area contributed by atoms with Gasteiger partial charge in [0.1, 0.15) is 5.75 Å². The van der Waals surface area contributed by atoms with Gasteiger partial charge in [0, 0.05) is 13.5 Å². The van der Waals surface area contributed by atoms with E-state index in [9.17, 15) is 4.79 Å². The Bertz CT molecular complexity index is 879. The van der Waals surface area contributed by atoms with Crippen molar-refractivity contribution in [2.24, 2.45) is 5.92 Å². The number of carbonyl (C=O) groups excluding carboxylic acids is 1. The summed E-state index contributed by atoms with van der Waals surface area (Å²) in [5.41, 5.74) is 3.38. The highest BCUT2D eigenvalue weighted by Crippen LogP contribution is 2.42. The average Bonchev–Trinajstić information content (AvgIpc) is 3.44. The Morgan fingerprint density at radius 3 is 2.60 bits per heavy atom. The molecule has 5 heteroatoms.